The quantitative estimate of drug-likeness (QED) is 0.0235. The highest BCUT2D eigenvalue weighted by atomic mass is 31.2. The lowest BCUT2D eigenvalue weighted by molar-refractivity contribution is -0.161. The molecule has 0 aromatic heterocycles. The molecular formula is C46H85O10P. The second-order valence-electron chi connectivity index (χ2n) is 15.4. The summed E-state index contributed by atoms with van der Waals surface area (Å²) < 4.78 is 32.7. The number of unbranched alkanes of at least 4 members (excludes halogenated alkanes) is 23. The molecular weight excluding hydrogens is 743 g/mol. The lowest BCUT2D eigenvalue weighted by atomic mass is 10.0. The van der Waals surface area contributed by atoms with E-state index in [1.807, 2.05) is 0 Å². The second-order valence-corrected chi connectivity index (χ2v) is 16.9. The van der Waals surface area contributed by atoms with Crippen molar-refractivity contribution in [3.63, 3.8) is 0 Å². The van der Waals surface area contributed by atoms with E-state index in [1.165, 1.54) is 109 Å². The van der Waals surface area contributed by atoms with Gasteiger partial charge in [-0.15, -0.1) is 0 Å². The minimum atomic E-state index is -4.62. The van der Waals surface area contributed by atoms with Gasteiger partial charge >= 0.3 is 19.8 Å². The van der Waals surface area contributed by atoms with Gasteiger partial charge in [-0.2, -0.15) is 0 Å². The van der Waals surface area contributed by atoms with Crippen molar-refractivity contribution in [3.8, 4) is 0 Å². The Balaban J connectivity index is 4.24. The number of aliphatic hydroxyl groups excluding tert-OH is 2. The number of hydrogen-bond donors (Lipinski definition) is 3. The molecule has 0 bridgehead atoms. The molecule has 0 spiro atoms. The SMILES string of the molecule is CCCCC/C=C\C/C=C\C/C=C\CCCCCCCCCCC(=O)O[C@H](COC(=O)CCCCCCCCCCCCCCC)COP(=O)(O)OC[C@@H](O)CO. The summed E-state index contributed by atoms with van der Waals surface area (Å²) in [4.78, 5) is 35.0. The standard InChI is InChI=1S/C46H85O10P/c1-3-5-7-9-11-13-15-17-18-19-20-21-22-23-24-26-28-30-32-34-36-38-46(50)56-44(42-55-57(51,52)54-40-43(48)39-47)41-53-45(49)37-35-33-31-29-27-25-16-14-12-10-8-6-4-2/h11,13,17-18,20-21,43-44,47-48H,3-10,12,14-16,19,22-42H2,1-2H3,(H,51,52)/b13-11-,18-17-,21-20-/t43-,44+/m0/s1. The molecule has 3 atom stereocenters. The van der Waals surface area contributed by atoms with Crippen LogP contribution in [0.5, 0.6) is 0 Å². The number of phosphoric ester groups is 1. The zero-order chi connectivity index (χ0) is 41.9. The van der Waals surface area contributed by atoms with E-state index in [1.54, 1.807) is 0 Å². The van der Waals surface area contributed by atoms with Crippen molar-refractivity contribution in [2.75, 3.05) is 26.4 Å². The van der Waals surface area contributed by atoms with Gasteiger partial charge in [0.25, 0.3) is 0 Å². The monoisotopic (exact) mass is 829 g/mol. The summed E-state index contributed by atoms with van der Waals surface area (Å²) in [7, 11) is -4.62. The molecule has 0 saturated heterocycles. The van der Waals surface area contributed by atoms with Crippen LogP contribution in [0.2, 0.25) is 0 Å². The van der Waals surface area contributed by atoms with Gasteiger partial charge in [0.1, 0.15) is 12.7 Å². The van der Waals surface area contributed by atoms with Gasteiger partial charge in [0.2, 0.25) is 0 Å². The molecule has 0 aliphatic heterocycles. The van der Waals surface area contributed by atoms with Crippen LogP contribution in [0, 0.1) is 0 Å². The smallest absolute Gasteiger partial charge is 0.462 e. The third-order valence-electron chi connectivity index (χ3n) is 9.80. The molecule has 0 fully saturated rings. The van der Waals surface area contributed by atoms with Crippen molar-refractivity contribution in [2.45, 2.75) is 219 Å². The number of carbonyl (C=O) groups is 2. The van der Waals surface area contributed by atoms with Gasteiger partial charge in [0.05, 0.1) is 19.8 Å². The largest absolute Gasteiger partial charge is 0.472 e. The molecule has 0 heterocycles. The molecule has 0 aromatic carbocycles. The lowest BCUT2D eigenvalue weighted by Gasteiger charge is -2.20. The van der Waals surface area contributed by atoms with Crippen LogP contribution in [-0.2, 0) is 32.7 Å². The Kier molecular flexibility index (Phi) is 41.0. The van der Waals surface area contributed by atoms with Crippen LogP contribution < -0.4 is 0 Å². The number of hydrogen-bond acceptors (Lipinski definition) is 9. The first-order chi connectivity index (χ1) is 27.7. The molecule has 11 heteroatoms. The molecule has 0 aliphatic rings. The number of carbonyl (C=O) groups excluding carboxylic acids is 2. The first-order valence-electron chi connectivity index (χ1n) is 22.9. The highest BCUT2D eigenvalue weighted by Gasteiger charge is 2.27. The normalized spacial score (nSPS) is 14.1. The van der Waals surface area contributed by atoms with E-state index >= 15 is 0 Å². The molecule has 10 nitrogen and oxygen atoms in total. The number of ether oxygens (including phenoxy) is 2. The van der Waals surface area contributed by atoms with Crippen molar-refractivity contribution in [1.29, 1.82) is 0 Å². The first kappa shape index (κ1) is 55.2. The van der Waals surface area contributed by atoms with Gasteiger partial charge in [0, 0.05) is 12.8 Å². The maximum Gasteiger partial charge on any atom is 0.472 e. The predicted molar refractivity (Wildman–Crippen MR) is 233 cm³/mol. The maximum atomic E-state index is 12.6. The molecule has 1 unspecified atom stereocenters. The molecule has 0 aliphatic carbocycles. The van der Waals surface area contributed by atoms with E-state index in [-0.39, 0.29) is 19.4 Å². The predicted octanol–water partition coefficient (Wildman–Crippen LogP) is 12.3. The van der Waals surface area contributed by atoms with Crippen molar-refractivity contribution in [2.24, 2.45) is 0 Å². The Labute approximate surface area is 348 Å². The van der Waals surface area contributed by atoms with Gasteiger partial charge in [-0.25, -0.2) is 4.57 Å². The molecule has 0 rings (SSSR count). The molecule has 0 saturated carbocycles. The Bertz CT molecular complexity index is 1050. The van der Waals surface area contributed by atoms with Gasteiger partial charge < -0.3 is 24.6 Å². The van der Waals surface area contributed by atoms with Crippen molar-refractivity contribution < 1.29 is 47.8 Å². The number of rotatable bonds is 43. The minimum absolute atomic E-state index is 0.177. The second kappa shape index (κ2) is 42.3. The topological polar surface area (TPSA) is 149 Å². The number of aliphatic hydroxyl groups is 2. The van der Waals surface area contributed by atoms with E-state index in [4.69, 9.17) is 23.6 Å². The van der Waals surface area contributed by atoms with Crippen LogP contribution in [0.3, 0.4) is 0 Å². The van der Waals surface area contributed by atoms with Gasteiger partial charge in [-0.05, 0) is 51.4 Å². The maximum absolute atomic E-state index is 12.6. The Morgan fingerprint density at radius 3 is 1.40 bits per heavy atom. The fourth-order valence-electron chi connectivity index (χ4n) is 6.24. The highest BCUT2D eigenvalue weighted by Crippen LogP contribution is 2.43. The third-order valence-corrected chi connectivity index (χ3v) is 10.7. The number of phosphoric acid groups is 1. The Morgan fingerprint density at radius 2 is 0.912 bits per heavy atom. The average Bonchev–Trinajstić information content (AvgIpc) is 3.20. The van der Waals surface area contributed by atoms with Gasteiger partial charge in [0.15, 0.2) is 6.10 Å². The van der Waals surface area contributed by atoms with Crippen LogP contribution in [0.15, 0.2) is 36.5 Å². The summed E-state index contributed by atoms with van der Waals surface area (Å²) in [5.74, 6) is -0.927. The molecule has 0 radical (unpaired) electrons. The number of esters is 2. The van der Waals surface area contributed by atoms with Crippen LogP contribution in [0.1, 0.15) is 206 Å². The summed E-state index contributed by atoms with van der Waals surface area (Å²) in [5.41, 5.74) is 0. The fourth-order valence-corrected chi connectivity index (χ4v) is 7.03. The number of allylic oxidation sites excluding steroid dienone is 6. The Morgan fingerprint density at radius 1 is 0.526 bits per heavy atom. The van der Waals surface area contributed by atoms with Crippen molar-refractivity contribution in [3.05, 3.63) is 36.5 Å². The fraction of sp³-hybridized carbons (Fsp3) is 0.826. The van der Waals surface area contributed by atoms with Crippen LogP contribution in [0.25, 0.3) is 0 Å². The van der Waals surface area contributed by atoms with Crippen LogP contribution in [0.4, 0.5) is 0 Å². The zero-order valence-corrected chi connectivity index (χ0v) is 37.2. The Hall–Kier alpha value is -1.81. The minimum Gasteiger partial charge on any atom is -0.462 e. The summed E-state index contributed by atoms with van der Waals surface area (Å²) in [6.45, 7) is 2.36. The van der Waals surface area contributed by atoms with E-state index in [2.05, 4.69) is 50.3 Å². The summed E-state index contributed by atoms with van der Waals surface area (Å²) >= 11 is 0. The van der Waals surface area contributed by atoms with Gasteiger partial charge in [-0.1, -0.05) is 179 Å². The average molecular weight is 829 g/mol. The summed E-state index contributed by atoms with van der Waals surface area (Å²) in [6, 6.07) is 0. The molecule has 334 valence electrons. The van der Waals surface area contributed by atoms with E-state index in [0.29, 0.717) is 12.8 Å². The van der Waals surface area contributed by atoms with E-state index in [9.17, 15) is 24.2 Å². The van der Waals surface area contributed by atoms with Gasteiger partial charge in [-0.3, -0.25) is 18.6 Å². The third kappa shape index (κ3) is 42.1. The molecule has 0 aromatic rings. The molecule has 3 N–H and O–H groups in total. The zero-order valence-electron chi connectivity index (χ0n) is 36.3. The summed E-state index contributed by atoms with van der Waals surface area (Å²) in [6.07, 6.45) is 43.9. The van der Waals surface area contributed by atoms with E-state index in [0.717, 1.165) is 57.8 Å². The molecule has 57 heavy (non-hydrogen) atoms. The van der Waals surface area contributed by atoms with Crippen LogP contribution in [-0.4, -0.2) is 65.7 Å². The molecule has 0 amide bonds. The van der Waals surface area contributed by atoms with Crippen LogP contribution >= 0.6 is 7.82 Å². The first-order valence-corrected chi connectivity index (χ1v) is 24.4. The van der Waals surface area contributed by atoms with E-state index < -0.39 is 51.8 Å². The lowest BCUT2D eigenvalue weighted by Crippen LogP contribution is -2.29. The highest BCUT2D eigenvalue weighted by molar-refractivity contribution is 7.47. The van der Waals surface area contributed by atoms with Crippen molar-refractivity contribution >= 4 is 19.8 Å². The summed E-state index contributed by atoms with van der Waals surface area (Å²) in [5, 5.41) is 18.3. The van der Waals surface area contributed by atoms with Crippen molar-refractivity contribution in [1.82, 2.24) is 0 Å².